The van der Waals surface area contributed by atoms with Gasteiger partial charge >= 0.3 is 47.9 Å². The number of rotatable bonds is 22. The predicted octanol–water partition coefficient (Wildman–Crippen LogP) is 43.6. The van der Waals surface area contributed by atoms with Gasteiger partial charge in [-0.3, -0.25) is 5.16 Å². The molecule has 23 nitrogen and oxygen atoms in total. The summed E-state index contributed by atoms with van der Waals surface area (Å²) in [6.07, 6.45) is 0. The average Bonchev–Trinajstić information content (AvgIpc) is 0.789. The van der Waals surface area contributed by atoms with E-state index >= 15 is 0 Å². The molecule has 1 unspecified atom stereocenters. The van der Waals surface area contributed by atoms with Crippen LogP contribution in [0.25, 0.3) is 0 Å². The van der Waals surface area contributed by atoms with Crippen molar-refractivity contribution >= 4 is 85.6 Å². The van der Waals surface area contributed by atoms with Crippen molar-refractivity contribution in [1.82, 2.24) is 0 Å². The molecule has 8 rings (SSSR count). The normalized spacial score (nSPS) is 10.4. The van der Waals surface area contributed by atoms with Crippen molar-refractivity contribution in [3.8, 4) is 46.0 Å². The number of hydrogen-bond donors (Lipinski definition) is 9. The molecule has 146 heavy (non-hydrogen) atoms. The van der Waals surface area contributed by atoms with Gasteiger partial charge in [0, 0.05) is 98.7 Å². The van der Waals surface area contributed by atoms with Gasteiger partial charge in [-0.25, -0.2) is 30.2 Å². The number of carbonyl (C=O) groups is 3. The van der Waals surface area contributed by atoms with Crippen molar-refractivity contribution in [1.29, 1.82) is 46.5 Å². The fourth-order valence-corrected chi connectivity index (χ4v) is 14.0. The Balaban J connectivity index is -0.0000000623. The number of benzene rings is 8. The van der Waals surface area contributed by atoms with Gasteiger partial charge in [0.25, 0.3) is 0 Å². The molecule has 1 atom stereocenters. The number of alkyl halides is 3. The Hall–Kier alpha value is -5.20. The predicted molar refractivity (Wildman–Crippen MR) is 657 cm³/mol. The minimum Gasteiger partial charge on any atom is -0.462 e. The van der Waals surface area contributed by atoms with Crippen LogP contribution < -0.4 is 36.2 Å². The van der Waals surface area contributed by atoms with Crippen LogP contribution in [0.3, 0.4) is 0 Å². The van der Waals surface area contributed by atoms with E-state index in [4.69, 9.17) is 96.9 Å². The van der Waals surface area contributed by atoms with E-state index in [0.29, 0.717) is 70.3 Å². The first-order valence-electron chi connectivity index (χ1n) is 40.2. The third kappa shape index (κ3) is 95.9. The van der Waals surface area contributed by atoms with Crippen molar-refractivity contribution in [2.75, 3.05) is 120 Å². The zero-order chi connectivity index (χ0) is 98.1. The molecule has 0 aliphatic heterocycles. The molecule has 0 aliphatic rings. The summed E-state index contributed by atoms with van der Waals surface area (Å²) in [5.74, 6) is -0.393. The van der Waals surface area contributed by atoms with E-state index in [1.165, 1.54) is 29.2 Å². The smallest absolute Gasteiger partial charge is 0.444 e. The largest absolute Gasteiger partial charge is 0.462 e. The van der Waals surface area contributed by atoms with Gasteiger partial charge in [-0.15, -0.1) is 0 Å². The number of ether oxygens (including phenoxy) is 2. The molecular formula is C109H219F3N9O14P9Y2. The van der Waals surface area contributed by atoms with Crippen LogP contribution in [0, 0.1) is 60.3 Å². The fourth-order valence-electron chi connectivity index (χ4n) is 9.09. The Morgan fingerprint density at radius 2 is 0.473 bits per heavy atom. The first-order valence-corrected chi connectivity index (χ1v) is 61.9. The number of carbonyl (C=O) groups excluding carboxylic acids is 3. The van der Waals surface area contributed by atoms with Crippen LogP contribution in [0.4, 0.5) is 13.2 Å². The van der Waals surface area contributed by atoms with Gasteiger partial charge in [-0.2, -0.15) is 13.2 Å². The number of para-hydroxylation sites is 2. The van der Waals surface area contributed by atoms with E-state index in [0.717, 1.165) is 17.8 Å². The summed E-state index contributed by atoms with van der Waals surface area (Å²) in [6.45, 7) is 64.9. The molecular weight excluding hydrogens is 2170 g/mol. The van der Waals surface area contributed by atoms with Crippen LogP contribution in [0.5, 0.6) is 46.0 Å². The van der Waals surface area contributed by atoms with Gasteiger partial charge in [-0.1, -0.05) is 290 Å². The number of halogens is 3. The van der Waals surface area contributed by atoms with Crippen LogP contribution >= 0.6 is 66.9 Å². The quantitative estimate of drug-likeness (QED) is 0.0225. The van der Waals surface area contributed by atoms with Crippen LogP contribution in [-0.4, -0.2) is 144 Å². The van der Waals surface area contributed by atoms with Crippen LogP contribution in [0.15, 0.2) is 194 Å². The summed E-state index contributed by atoms with van der Waals surface area (Å²) in [5.41, 5.74) is 7.78. The van der Waals surface area contributed by atoms with Gasteiger partial charge in [0.05, 0.1) is 30.9 Å². The summed E-state index contributed by atoms with van der Waals surface area (Å²) in [4.78, 5) is 31.3. The molecule has 0 bridgehead atoms. The molecule has 0 heterocycles. The van der Waals surface area contributed by atoms with E-state index in [-0.39, 0.29) is 227 Å². The van der Waals surface area contributed by atoms with Crippen molar-refractivity contribution in [3.63, 3.8) is 0 Å². The number of nitrogens with one attached hydrogen (secondary N) is 9. The third-order valence-corrected chi connectivity index (χ3v) is 20.8. The Morgan fingerprint density at radius 1 is 0.295 bits per heavy atom. The molecule has 0 aliphatic carbocycles. The molecule has 0 saturated carbocycles. The second-order valence-electron chi connectivity index (χ2n) is 35.2. The maximum absolute atomic E-state index is 11.8. The van der Waals surface area contributed by atoms with Gasteiger partial charge in [0.1, 0.15) is 52.8 Å². The number of esters is 2. The standard InChI is InChI=1S/C29H46NO2P.C19H22NO6P.C15H18NO2P.C13H14NO2P.C4H9F3NOP.2C3H10NP.2C2H8NP.CH2O.18CH4.2Y/c1-26(2,3)20-14-21(27(4,5)6)17-24(16-20)31-33(13,30)32-25-18-22(28(7,8)9)15-23(19-25)29(10,11)12;1-4-23-18(21)14-6-10-16(11-7-14)25-27(3,20)26-17-12-8-15(9-13-17)19(22)24-5-2;1-12-6-4-8-14(10-12)17-19(3,16)18-15-9-5-7-13(2)11-15;1-17(14,15-12-8-4-2-5-9-12)16-13-10-6-3-7-11-13;1-3-9-10(2,8)4(5,6)7;2*1-5(2,3)4;2*1-4(2)3;1-2;;;;;;;;;;;;;;;;;;;;/h14-19,30H,1-13H3;6-13,20H,4-5H2,1-3H3;4-11,16H,1-3H3;2-11,14H,1H3;8H,3H2,1-2H3;2*4H,1-3H3;2*3-4H,1-2H3;1H2;18*1H4;;. The van der Waals surface area contributed by atoms with E-state index in [1.807, 2.05) is 196 Å². The Labute approximate surface area is 950 Å². The van der Waals surface area contributed by atoms with Crippen LogP contribution in [0.1, 0.15) is 292 Å². The topological polar surface area (TPSA) is 367 Å². The molecule has 0 spiro atoms. The van der Waals surface area contributed by atoms with Gasteiger partial charge in [-0.05, 0) is 307 Å². The molecule has 0 saturated heterocycles. The maximum atomic E-state index is 11.8. The molecule has 37 heteroatoms. The SMILES string of the molecule is C.C.C.C.C.C.C.C.C.C.C.C.C.C.C.C.C.C.C=O.CC(C)(C)c1cc(OP(C)(=N)Oc2cc(C(C)(C)C)cc(C(C)(C)C)c2)cc(C(C)(C)C)c1.CCOC(=O)c1ccc(OP(C)(=N)Oc2ccc(C(=O)OCC)cc2)cc1.CCOP(C)(=N)C(F)(F)F.CP(=N)(Oc1ccccc1)Oc1ccccc1.CP(C)(C)=N.CP(C)(C)=N.C[PH](C)=N.C[PH](C)=N.Cc1cccc(OP(C)(=N)Oc2cccc(C)c2)c1.[Y].[Y]. The second kappa shape index (κ2) is 90.2. The van der Waals surface area contributed by atoms with Crippen LogP contribution in [0.2, 0.25) is 0 Å². The van der Waals surface area contributed by atoms with Crippen molar-refractivity contribution in [2.24, 2.45) is 0 Å². The number of aryl methyl sites for hydroxylation is 2. The average molecular weight is 2390 g/mol. The van der Waals surface area contributed by atoms with Crippen molar-refractivity contribution < 1.29 is 143 Å². The summed E-state index contributed by atoms with van der Waals surface area (Å²) in [7, 11) is -18.6. The van der Waals surface area contributed by atoms with E-state index in [9.17, 15) is 22.8 Å². The summed E-state index contributed by atoms with van der Waals surface area (Å²) < 4.78 is 95.7. The van der Waals surface area contributed by atoms with Crippen molar-refractivity contribution in [2.45, 2.75) is 279 Å². The van der Waals surface area contributed by atoms with E-state index in [2.05, 4.69) is 124 Å². The minimum absolute atomic E-state index is 0. The van der Waals surface area contributed by atoms with E-state index in [1.54, 1.807) is 89.0 Å². The molecule has 8 aromatic carbocycles. The van der Waals surface area contributed by atoms with Crippen molar-refractivity contribution in [3.05, 3.63) is 239 Å². The first kappa shape index (κ1) is 195. The number of hydrogen-bond acceptors (Lipinski definition) is 23. The second-order valence-corrected chi connectivity index (χ2v) is 58.1. The summed E-state index contributed by atoms with van der Waals surface area (Å²) in [5, 5.41) is 67.8. The zero-order valence-electron chi connectivity index (χ0n) is 81.4. The molecule has 0 aromatic heterocycles. The minimum atomic E-state index is -4.50. The van der Waals surface area contributed by atoms with Gasteiger partial charge < -0.3 is 75.6 Å². The maximum Gasteiger partial charge on any atom is 0.444 e. The zero-order valence-corrected chi connectivity index (χ0v) is 95.4. The monoisotopic (exact) mass is 2390 g/mol. The molecule has 9 N–H and O–H groups in total. The van der Waals surface area contributed by atoms with E-state index < -0.39 is 84.7 Å². The molecule has 8 aromatic rings. The molecule has 856 valence electrons. The molecule has 0 fully saturated rings. The molecule has 2 radical (unpaired) electrons. The third-order valence-electron chi connectivity index (χ3n) is 14.6. The summed E-state index contributed by atoms with van der Waals surface area (Å²) in [6, 6.07) is 59.3. The van der Waals surface area contributed by atoms with Crippen LogP contribution in [-0.2, 0) is 106 Å². The Morgan fingerprint density at radius 3 is 0.637 bits per heavy atom. The summed E-state index contributed by atoms with van der Waals surface area (Å²) >= 11 is 0. The van der Waals surface area contributed by atoms with Gasteiger partial charge in [0.15, 0.2) is 7.28 Å². The Bertz CT molecular complexity index is 4710. The fraction of sp³-hybridized carbons (Fsp3) is 0.532. The first-order chi connectivity index (χ1) is 57.3. The Kier molecular flexibility index (Phi) is 120. The van der Waals surface area contributed by atoms with Gasteiger partial charge in [0.2, 0.25) is 0 Å². The molecule has 0 amide bonds.